The molecule has 2 rings (SSSR count). The van der Waals surface area contributed by atoms with Gasteiger partial charge in [0.25, 0.3) is 0 Å². The first kappa shape index (κ1) is 13.8. The fourth-order valence-electron chi connectivity index (χ4n) is 1.69. The van der Waals surface area contributed by atoms with Gasteiger partial charge in [0.2, 0.25) is 0 Å². The van der Waals surface area contributed by atoms with E-state index >= 15 is 0 Å². The molecular weight excluding hydrogens is 266 g/mol. The predicted octanol–water partition coefficient (Wildman–Crippen LogP) is 1.81. The molecule has 1 saturated heterocycles. The molecule has 3 nitrogen and oxygen atoms in total. The molecule has 7 heteroatoms. The first-order valence-corrected chi connectivity index (χ1v) is 5.60. The molecule has 104 valence electrons. The molecule has 0 bridgehead atoms. The third kappa shape index (κ3) is 3.92. The standard InChI is InChI=1S/C12H11F4NO2/c13-8-3-1-7(2-4-8)5-9(10-6-19-10)17-11(18)12(14,15)16/h1-4,9-10H,5-6H2,(H,17,18)/t9-,10+/m1/s1. The zero-order chi connectivity index (χ0) is 14.0. The number of nitrogens with one attached hydrogen (secondary N) is 1. The van der Waals surface area contributed by atoms with Crippen LogP contribution in [0.2, 0.25) is 0 Å². The van der Waals surface area contributed by atoms with Crippen LogP contribution in [0.25, 0.3) is 0 Å². The lowest BCUT2D eigenvalue weighted by Crippen LogP contribution is -2.46. The van der Waals surface area contributed by atoms with E-state index in [2.05, 4.69) is 0 Å². The summed E-state index contributed by atoms with van der Waals surface area (Å²) >= 11 is 0. The molecule has 1 amide bonds. The Bertz CT molecular complexity index is 454. The summed E-state index contributed by atoms with van der Waals surface area (Å²) in [6.45, 7) is 0.310. The minimum absolute atomic E-state index is 0.159. The van der Waals surface area contributed by atoms with E-state index < -0.39 is 30.0 Å². The van der Waals surface area contributed by atoms with Gasteiger partial charge >= 0.3 is 12.1 Å². The Morgan fingerprint density at radius 1 is 1.37 bits per heavy atom. The molecule has 0 aromatic heterocycles. The number of benzene rings is 1. The first-order valence-electron chi connectivity index (χ1n) is 5.60. The van der Waals surface area contributed by atoms with Crippen LogP contribution < -0.4 is 5.32 Å². The number of carbonyl (C=O) groups is 1. The zero-order valence-electron chi connectivity index (χ0n) is 9.71. The minimum atomic E-state index is -4.92. The number of hydrogen-bond acceptors (Lipinski definition) is 2. The Morgan fingerprint density at radius 3 is 2.42 bits per heavy atom. The van der Waals surface area contributed by atoms with Gasteiger partial charge in [-0.15, -0.1) is 0 Å². The van der Waals surface area contributed by atoms with Gasteiger partial charge in [-0.1, -0.05) is 12.1 Å². The van der Waals surface area contributed by atoms with E-state index in [0.29, 0.717) is 12.2 Å². The smallest absolute Gasteiger partial charge is 0.371 e. The number of halogens is 4. The SMILES string of the molecule is O=C(N[C@H](Cc1ccc(F)cc1)[C@@H]1CO1)C(F)(F)F. The molecule has 1 aromatic carbocycles. The van der Waals surface area contributed by atoms with Gasteiger partial charge in [-0.25, -0.2) is 4.39 Å². The number of alkyl halides is 3. The minimum Gasteiger partial charge on any atom is -0.371 e. The summed E-state index contributed by atoms with van der Waals surface area (Å²) in [6, 6.07) is 4.59. The molecule has 0 spiro atoms. The molecule has 1 aliphatic heterocycles. The van der Waals surface area contributed by atoms with Crippen molar-refractivity contribution in [2.45, 2.75) is 24.7 Å². The fourth-order valence-corrected chi connectivity index (χ4v) is 1.69. The summed E-state index contributed by atoms with van der Waals surface area (Å²) in [5.74, 6) is -2.42. The van der Waals surface area contributed by atoms with Gasteiger partial charge < -0.3 is 10.1 Å². The van der Waals surface area contributed by atoms with Crippen LogP contribution in [0.15, 0.2) is 24.3 Å². The van der Waals surface area contributed by atoms with Crippen LogP contribution in [0, 0.1) is 5.82 Å². The number of ether oxygens (including phenoxy) is 1. The predicted molar refractivity (Wildman–Crippen MR) is 57.8 cm³/mol. The Hall–Kier alpha value is -1.63. The Labute approximate surface area is 106 Å². The normalized spacial score (nSPS) is 19.9. The van der Waals surface area contributed by atoms with E-state index in [1.807, 2.05) is 5.32 Å². The van der Waals surface area contributed by atoms with Gasteiger partial charge in [-0.2, -0.15) is 13.2 Å². The summed E-state index contributed by atoms with van der Waals surface area (Å²) in [5, 5.41) is 1.90. The molecule has 0 unspecified atom stereocenters. The van der Waals surface area contributed by atoms with Gasteiger partial charge in [-0.05, 0) is 24.1 Å². The van der Waals surface area contributed by atoms with Crippen molar-refractivity contribution in [3.8, 4) is 0 Å². The van der Waals surface area contributed by atoms with Crippen molar-refractivity contribution in [3.63, 3.8) is 0 Å². The van der Waals surface area contributed by atoms with Gasteiger partial charge in [-0.3, -0.25) is 4.79 Å². The number of amides is 1. The first-order chi connectivity index (χ1) is 8.86. The lowest BCUT2D eigenvalue weighted by molar-refractivity contribution is -0.174. The summed E-state index contributed by atoms with van der Waals surface area (Å²) < 4.78 is 54.2. The molecule has 0 aliphatic carbocycles. The molecule has 1 aromatic rings. The van der Waals surface area contributed by atoms with Crippen LogP contribution >= 0.6 is 0 Å². The maximum absolute atomic E-state index is 12.7. The monoisotopic (exact) mass is 277 g/mol. The van der Waals surface area contributed by atoms with Crippen LogP contribution in [0.4, 0.5) is 17.6 Å². The third-order valence-electron chi connectivity index (χ3n) is 2.75. The lowest BCUT2D eigenvalue weighted by Gasteiger charge is -2.17. The van der Waals surface area contributed by atoms with Crippen LogP contribution in [-0.2, 0) is 16.0 Å². The number of epoxide rings is 1. The van der Waals surface area contributed by atoms with E-state index in [1.54, 1.807) is 0 Å². The van der Waals surface area contributed by atoms with Crippen LogP contribution in [-0.4, -0.2) is 30.8 Å². The van der Waals surface area contributed by atoms with E-state index in [9.17, 15) is 22.4 Å². The molecule has 0 saturated carbocycles. The summed E-state index contributed by atoms with van der Waals surface area (Å²) in [7, 11) is 0. The highest BCUT2D eigenvalue weighted by Gasteiger charge is 2.43. The summed E-state index contributed by atoms with van der Waals surface area (Å²) in [5.41, 5.74) is 0.629. The zero-order valence-corrected chi connectivity index (χ0v) is 9.71. The molecular formula is C12H11F4NO2. The number of hydrogen-bond donors (Lipinski definition) is 1. The average molecular weight is 277 g/mol. The second-order valence-corrected chi connectivity index (χ2v) is 4.28. The van der Waals surface area contributed by atoms with E-state index in [4.69, 9.17) is 4.74 Å². The highest BCUT2D eigenvalue weighted by Crippen LogP contribution is 2.21. The van der Waals surface area contributed by atoms with Crippen molar-refractivity contribution >= 4 is 5.91 Å². The van der Waals surface area contributed by atoms with Gasteiger partial charge in [0.05, 0.1) is 12.6 Å². The van der Waals surface area contributed by atoms with Crippen molar-refractivity contribution in [1.82, 2.24) is 5.32 Å². The Kier molecular flexibility index (Phi) is 3.75. The van der Waals surface area contributed by atoms with Gasteiger partial charge in [0.15, 0.2) is 0 Å². The highest BCUT2D eigenvalue weighted by atomic mass is 19.4. The van der Waals surface area contributed by atoms with Crippen molar-refractivity contribution in [1.29, 1.82) is 0 Å². The van der Waals surface area contributed by atoms with Crippen LogP contribution in [0.5, 0.6) is 0 Å². The number of rotatable bonds is 4. The molecule has 0 radical (unpaired) electrons. The topological polar surface area (TPSA) is 41.6 Å². The van der Waals surface area contributed by atoms with Gasteiger partial charge in [0.1, 0.15) is 11.9 Å². The Balaban J connectivity index is 2.01. The number of carbonyl (C=O) groups excluding carboxylic acids is 1. The van der Waals surface area contributed by atoms with Crippen molar-refractivity contribution < 1.29 is 27.1 Å². The maximum atomic E-state index is 12.7. The second kappa shape index (κ2) is 5.16. The summed E-state index contributed by atoms with van der Waals surface area (Å²) in [4.78, 5) is 10.9. The van der Waals surface area contributed by atoms with Crippen molar-refractivity contribution in [3.05, 3.63) is 35.6 Å². The quantitative estimate of drug-likeness (QED) is 0.673. The molecule has 1 N–H and O–H groups in total. The molecule has 1 aliphatic rings. The van der Waals surface area contributed by atoms with Crippen LogP contribution in [0.3, 0.4) is 0 Å². The fraction of sp³-hybridized carbons (Fsp3) is 0.417. The molecule has 1 heterocycles. The molecule has 1 fully saturated rings. The van der Waals surface area contributed by atoms with E-state index in [1.165, 1.54) is 24.3 Å². The second-order valence-electron chi connectivity index (χ2n) is 4.28. The van der Waals surface area contributed by atoms with Crippen molar-refractivity contribution in [2.24, 2.45) is 0 Å². The lowest BCUT2D eigenvalue weighted by atomic mass is 10.0. The third-order valence-corrected chi connectivity index (χ3v) is 2.75. The summed E-state index contributed by atoms with van der Waals surface area (Å²) in [6.07, 6.45) is -5.18. The van der Waals surface area contributed by atoms with Crippen LogP contribution in [0.1, 0.15) is 5.56 Å². The largest absolute Gasteiger partial charge is 0.471 e. The molecule has 2 atom stereocenters. The van der Waals surface area contributed by atoms with Gasteiger partial charge in [0, 0.05) is 0 Å². The average Bonchev–Trinajstić information content (AvgIpc) is 3.13. The van der Waals surface area contributed by atoms with E-state index in [-0.39, 0.29) is 6.42 Å². The van der Waals surface area contributed by atoms with E-state index in [0.717, 1.165) is 0 Å². The van der Waals surface area contributed by atoms with Crippen molar-refractivity contribution in [2.75, 3.05) is 6.61 Å². The Morgan fingerprint density at radius 2 is 1.95 bits per heavy atom. The maximum Gasteiger partial charge on any atom is 0.471 e. The highest BCUT2D eigenvalue weighted by molar-refractivity contribution is 5.82. The molecule has 19 heavy (non-hydrogen) atoms.